The van der Waals surface area contributed by atoms with Gasteiger partial charge in [-0.3, -0.25) is 9.59 Å². The van der Waals surface area contributed by atoms with E-state index in [0.29, 0.717) is 30.0 Å². The van der Waals surface area contributed by atoms with E-state index >= 15 is 0 Å². The number of hydrogen-bond acceptors (Lipinski definition) is 6. The Morgan fingerprint density at radius 1 is 1.03 bits per heavy atom. The predicted octanol–water partition coefficient (Wildman–Crippen LogP) is 2.94. The van der Waals surface area contributed by atoms with Crippen LogP contribution in [-0.4, -0.2) is 51.8 Å². The average molecular weight is 490 g/mol. The summed E-state index contributed by atoms with van der Waals surface area (Å²) >= 11 is 0. The van der Waals surface area contributed by atoms with Crippen molar-refractivity contribution < 1.29 is 27.5 Å². The lowest BCUT2D eigenvalue weighted by Crippen LogP contribution is -2.43. The second kappa shape index (κ2) is 10.9. The van der Waals surface area contributed by atoms with Crippen molar-refractivity contribution in [1.29, 1.82) is 0 Å². The van der Waals surface area contributed by atoms with Crippen LogP contribution < -0.4 is 20.1 Å². The third-order valence-corrected chi connectivity index (χ3v) is 7.78. The molecule has 34 heavy (non-hydrogen) atoms. The molecule has 3 rings (SSSR count). The molecule has 1 aliphatic heterocycles. The molecule has 0 bridgehead atoms. The van der Waals surface area contributed by atoms with E-state index in [1.807, 2.05) is 25.1 Å². The molecular formula is C24H31N3O6S. The summed E-state index contributed by atoms with van der Waals surface area (Å²) in [6.45, 7) is 3.82. The van der Waals surface area contributed by atoms with Crippen molar-refractivity contribution in [1.82, 2.24) is 9.62 Å². The zero-order valence-electron chi connectivity index (χ0n) is 19.8. The van der Waals surface area contributed by atoms with Gasteiger partial charge >= 0.3 is 0 Å². The Morgan fingerprint density at radius 3 is 2.32 bits per heavy atom. The second-order valence-corrected chi connectivity index (χ2v) is 10.2. The van der Waals surface area contributed by atoms with Crippen LogP contribution in [0.5, 0.6) is 11.5 Å². The number of nitrogens with zero attached hydrogens (tertiary/aromatic N) is 1. The Kier molecular flexibility index (Phi) is 8.16. The summed E-state index contributed by atoms with van der Waals surface area (Å²) < 4.78 is 38.0. The lowest BCUT2D eigenvalue weighted by atomic mass is 9.96. The first-order valence-corrected chi connectivity index (χ1v) is 12.5. The van der Waals surface area contributed by atoms with Gasteiger partial charge in [-0.15, -0.1) is 0 Å². The molecule has 0 radical (unpaired) electrons. The number of sulfonamides is 1. The van der Waals surface area contributed by atoms with Crippen molar-refractivity contribution in [2.75, 3.05) is 32.6 Å². The maximum Gasteiger partial charge on any atom is 0.243 e. The molecule has 1 heterocycles. The number of ether oxygens (including phenoxy) is 2. The summed E-state index contributed by atoms with van der Waals surface area (Å²) in [6, 6.07) is 11.6. The standard InChI is InChI=1S/C24H31N3O6S/c1-16(19-6-5-7-20(14-19)26-17(2)28)25-24(29)18-10-12-27(13-11-18)34(30,31)21-8-9-22(32-3)23(15-21)33-4/h5-9,14-16,18H,10-13H2,1-4H3,(H,25,29)(H,26,28). The molecule has 0 spiro atoms. The first-order valence-electron chi connectivity index (χ1n) is 11.1. The molecule has 10 heteroatoms. The van der Waals surface area contributed by atoms with E-state index in [1.54, 1.807) is 12.1 Å². The SMILES string of the molecule is COc1ccc(S(=O)(=O)N2CCC(C(=O)NC(C)c3cccc(NC(C)=O)c3)CC2)cc1OC. The normalized spacial score (nSPS) is 15.9. The molecule has 2 aromatic rings. The zero-order valence-corrected chi connectivity index (χ0v) is 20.6. The molecular weight excluding hydrogens is 458 g/mol. The minimum absolute atomic E-state index is 0.111. The van der Waals surface area contributed by atoms with Gasteiger partial charge in [0.05, 0.1) is 25.2 Å². The maximum atomic E-state index is 13.1. The predicted molar refractivity (Wildman–Crippen MR) is 128 cm³/mol. The van der Waals surface area contributed by atoms with E-state index in [4.69, 9.17) is 9.47 Å². The molecule has 2 amide bonds. The molecule has 0 saturated carbocycles. The highest BCUT2D eigenvalue weighted by molar-refractivity contribution is 7.89. The number of piperidine rings is 1. The van der Waals surface area contributed by atoms with Crippen LogP contribution in [0.1, 0.15) is 38.3 Å². The molecule has 2 aromatic carbocycles. The van der Waals surface area contributed by atoms with Crippen LogP contribution in [0.25, 0.3) is 0 Å². The van der Waals surface area contributed by atoms with Crippen LogP contribution in [0, 0.1) is 5.92 Å². The van der Waals surface area contributed by atoms with Crippen LogP contribution in [-0.2, 0) is 19.6 Å². The smallest absolute Gasteiger partial charge is 0.243 e. The quantitative estimate of drug-likeness (QED) is 0.589. The monoisotopic (exact) mass is 489 g/mol. The minimum atomic E-state index is -3.72. The molecule has 0 aliphatic carbocycles. The number of anilines is 1. The fourth-order valence-electron chi connectivity index (χ4n) is 3.99. The summed E-state index contributed by atoms with van der Waals surface area (Å²) in [5, 5.41) is 5.74. The number of benzene rings is 2. The summed E-state index contributed by atoms with van der Waals surface area (Å²) in [5.74, 6) is 0.241. The molecule has 184 valence electrons. The minimum Gasteiger partial charge on any atom is -0.493 e. The van der Waals surface area contributed by atoms with Crippen molar-refractivity contribution in [2.24, 2.45) is 5.92 Å². The Balaban J connectivity index is 1.61. The van der Waals surface area contributed by atoms with Gasteiger partial charge in [0.25, 0.3) is 0 Å². The summed E-state index contributed by atoms with van der Waals surface area (Å²) in [7, 11) is -0.776. The number of carbonyl (C=O) groups excluding carboxylic acids is 2. The Hall–Kier alpha value is -3.11. The fourth-order valence-corrected chi connectivity index (χ4v) is 5.47. The van der Waals surface area contributed by atoms with Crippen LogP contribution in [0.2, 0.25) is 0 Å². The van der Waals surface area contributed by atoms with Gasteiger partial charge in [0.2, 0.25) is 21.8 Å². The number of nitrogens with one attached hydrogen (secondary N) is 2. The molecule has 1 atom stereocenters. The largest absolute Gasteiger partial charge is 0.493 e. The molecule has 1 unspecified atom stereocenters. The molecule has 0 aromatic heterocycles. The molecule has 1 fully saturated rings. The van der Waals surface area contributed by atoms with Gasteiger partial charge in [-0.1, -0.05) is 12.1 Å². The Bertz CT molecular complexity index is 1140. The fraction of sp³-hybridized carbons (Fsp3) is 0.417. The van der Waals surface area contributed by atoms with Gasteiger partial charge in [-0.25, -0.2) is 8.42 Å². The van der Waals surface area contributed by atoms with E-state index < -0.39 is 10.0 Å². The highest BCUT2D eigenvalue weighted by Crippen LogP contribution is 2.32. The van der Waals surface area contributed by atoms with Gasteiger partial charge in [-0.05, 0) is 49.6 Å². The molecule has 9 nitrogen and oxygen atoms in total. The zero-order chi connectivity index (χ0) is 24.9. The topological polar surface area (TPSA) is 114 Å². The number of carbonyl (C=O) groups is 2. The van der Waals surface area contributed by atoms with Crippen molar-refractivity contribution in [3.05, 3.63) is 48.0 Å². The van der Waals surface area contributed by atoms with Crippen molar-refractivity contribution in [3.63, 3.8) is 0 Å². The van der Waals surface area contributed by atoms with Gasteiger partial charge in [0.1, 0.15) is 0 Å². The third kappa shape index (κ3) is 5.87. The van der Waals surface area contributed by atoms with Gasteiger partial charge < -0.3 is 20.1 Å². The number of amides is 2. The number of methoxy groups -OCH3 is 2. The van der Waals surface area contributed by atoms with Crippen LogP contribution in [0.15, 0.2) is 47.4 Å². The molecule has 1 saturated heterocycles. The number of hydrogen-bond donors (Lipinski definition) is 2. The van der Waals surface area contributed by atoms with Crippen LogP contribution in [0.3, 0.4) is 0 Å². The highest BCUT2D eigenvalue weighted by atomic mass is 32.2. The second-order valence-electron chi connectivity index (χ2n) is 8.23. The summed E-state index contributed by atoms with van der Waals surface area (Å²) in [5.41, 5.74) is 1.54. The van der Waals surface area contributed by atoms with E-state index in [-0.39, 0.29) is 41.8 Å². The van der Waals surface area contributed by atoms with Crippen molar-refractivity contribution >= 4 is 27.5 Å². The van der Waals surface area contributed by atoms with E-state index in [1.165, 1.54) is 37.6 Å². The van der Waals surface area contributed by atoms with Gasteiger partial charge in [-0.2, -0.15) is 4.31 Å². The highest BCUT2D eigenvalue weighted by Gasteiger charge is 2.33. The first-order chi connectivity index (χ1) is 16.1. The van der Waals surface area contributed by atoms with E-state index in [2.05, 4.69) is 10.6 Å². The summed E-state index contributed by atoms with van der Waals surface area (Å²) in [6.07, 6.45) is 0.855. The maximum absolute atomic E-state index is 13.1. The van der Waals surface area contributed by atoms with Gasteiger partial charge in [0, 0.05) is 37.7 Å². The van der Waals surface area contributed by atoms with Crippen LogP contribution >= 0.6 is 0 Å². The third-order valence-electron chi connectivity index (χ3n) is 5.88. The average Bonchev–Trinajstić information content (AvgIpc) is 2.83. The molecule has 2 N–H and O–H groups in total. The first kappa shape index (κ1) is 25.5. The Morgan fingerprint density at radius 2 is 1.71 bits per heavy atom. The Labute approximate surface area is 200 Å². The lowest BCUT2D eigenvalue weighted by Gasteiger charge is -2.31. The van der Waals surface area contributed by atoms with E-state index in [0.717, 1.165) is 5.56 Å². The lowest BCUT2D eigenvalue weighted by molar-refractivity contribution is -0.126. The van der Waals surface area contributed by atoms with Gasteiger partial charge in [0.15, 0.2) is 11.5 Å². The van der Waals surface area contributed by atoms with Crippen molar-refractivity contribution in [2.45, 2.75) is 37.6 Å². The van der Waals surface area contributed by atoms with Crippen LogP contribution in [0.4, 0.5) is 5.69 Å². The summed E-state index contributed by atoms with van der Waals surface area (Å²) in [4.78, 5) is 24.3. The number of rotatable bonds is 8. The van der Waals surface area contributed by atoms with Crippen molar-refractivity contribution in [3.8, 4) is 11.5 Å². The van der Waals surface area contributed by atoms with E-state index in [9.17, 15) is 18.0 Å². The molecule has 1 aliphatic rings.